The van der Waals surface area contributed by atoms with Crippen molar-refractivity contribution in [3.63, 3.8) is 0 Å². The molecular weight excluding hydrogens is 407 g/mol. The monoisotopic (exact) mass is 424 g/mol. The van der Waals surface area contributed by atoms with E-state index in [-0.39, 0.29) is 11.7 Å². The second-order valence-corrected chi connectivity index (χ2v) is 7.33. The number of halogens is 2. The molecule has 1 aromatic carbocycles. The molecule has 2 aromatic heterocycles. The number of aromatic nitrogens is 3. The molecule has 6 nitrogen and oxygen atoms in total. The molecule has 3 rings (SSSR count). The molecule has 0 spiro atoms. The molecule has 0 aliphatic rings. The molecule has 1 amide bonds. The molecule has 0 bridgehead atoms. The number of benzene rings is 1. The normalized spacial score (nSPS) is 11.0. The quantitative estimate of drug-likeness (QED) is 0.509. The Morgan fingerprint density at radius 3 is 2.59 bits per heavy atom. The number of nitrogens with zero attached hydrogens (tertiary/aromatic N) is 4. The Bertz CT molecular complexity index is 924. The molecule has 9 heteroatoms. The average Bonchev–Trinajstić information content (AvgIpc) is 3.32. The van der Waals surface area contributed by atoms with Crippen LogP contribution >= 0.6 is 35.0 Å². The number of thioether (sulfide) groups is 1. The van der Waals surface area contributed by atoms with Gasteiger partial charge < -0.3 is 9.32 Å². The maximum absolute atomic E-state index is 12.4. The van der Waals surface area contributed by atoms with E-state index in [4.69, 9.17) is 27.6 Å². The lowest BCUT2D eigenvalue weighted by atomic mass is 10.3. The van der Waals surface area contributed by atoms with Gasteiger partial charge >= 0.3 is 0 Å². The number of carbonyl (C=O) groups excluding carboxylic acids is 1. The summed E-state index contributed by atoms with van der Waals surface area (Å²) in [6.45, 7) is 5.26. The van der Waals surface area contributed by atoms with Crippen LogP contribution in [-0.4, -0.2) is 44.4 Å². The lowest BCUT2D eigenvalue weighted by molar-refractivity contribution is -0.127. The van der Waals surface area contributed by atoms with E-state index in [1.165, 1.54) is 11.8 Å². The van der Waals surface area contributed by atoms with Crippen LogP contribution in [0.15, 0.2) is 46.2 Å². The minimum atomic E-state index is 0.0493. The van der Waals surface area contributed by atoms with Gasteiger partial charge in [-0.15, -0.1) is 10.2 Å². The topological polar surface area (TPSA) is 64.2 Å². The Balaban J connectivity index is 1.97. The van der Waals surface area contributed by atoms with Crippen LogP contribution in [0.1, 0.15) is 13.8 Å². The maximum atomic E-state index is 12.4. The molecule has 27 heavy (non-hydrogen) atoms. The van der Waals surface area contributed by atoms with Crippen LogP contribution in [-0.2, 0) is 4.79 Å². The highest BCUT2D eigenvalue weighted by molar-refractivity contribution is 7.99. The molecule has 142 valence electrons. The molecule has 0 N–H and O–H groups in total. The zero-order valence-electron chi connectivity index (χ0n) is 14.9. The summed E-state index contributed by atoms with van der Waals surface area (Å²) in [5.74, 6) is 1.40. The van der Waals surface area contributed by atoms with Crippen molar-refractivity contribution in [2.24, 2.45) is 0 Å². The summed E-state index contributed by atoms with van der Waals surface area (Å²) in [6.07, 6.45) is 1.57. The highest BCUT2D eigenvalue weighted by Crippen LogP contribution is 2.31. The van der Waals surface area contributed by atoms with E-state index in [0.717, 1.165) is 5.69 Å². The molecule has 0 aliphatic heterocycles. The predicted molar refractivity (Wildman–Crippen MR) is 108 cm³/mol. The number of hydrogen-bond donors (Lipinski definition) is 0. The first-order valence-corrected chi connectivity index (χ1v) is 10.1. The van der Waals surface area contributed by atoms with E-state index in [1.807, 2.05) is 19.9 Å². The van der Waals surface area contributed by atoms with E-state index < -0.39 is 0 Å². The van der Waals surface area contributed by atoms with Gasteiger partial charge in [-0.25, -0.2) is 0 Å². The van der Waals surface area contributed by atoms with Crippen molar-refractivity contribution < 1.29 is 9.21 Å². The first-order chi connectivity index (χ1) is 13.0. The van der Waals surface area contributed by atoms with E-state index in [9.17, 15) is 4.79 Å². The first-order valence-electron chi connectivity index (χ1n) is 8.40. The van der Waals surface area contributed by atoms with Gasteiger partial charge in [0.05, 0.1) is 27.7 Å². The molecule has 2 heterocycles. The summed E-state index contributed by atoms with van der Waals surface area (Å²) in [5, 5.41) is 9.95. The van der Waals surface area contributed by atoms with Gasteiger partial charge in [-0.2, -0.15) is 0 Å². The molecule has 0 atom stereocenters. The third kappa shape index (κ3) is 4.31. The third-order valence-electron chi connectivity index (χ3n) is 3.98. The summed E-state index contributed by atoms with van der Waals surface area (Å²) in [4.78, 5) is 14.1. The van der Waals surface area contributed by atoms with Gasteiger partial charge in [-0.05, 0) is 44.2 Å². The summed E-state index contributed by atoms with van der Waals surface area (Å²) in [7, 11) is 0. The minimum Gasteiger partial charge on any atom is -0.461 e. The molecule has 0 fully saturated rings. The van der Waals surface area contributed by atoms with Crippen molar-refractivity contribution in [1.82, 2.24) is 19.7 Å². The second-order valence-electron chi connectivity index (χ2n) is 5.57. The molecule has 0 aliphatic carbocycles. The fraction of sp³-hybridized carbons (Fsp3) is 0.278. The van der Waals surface area contributed by atoms with Crippen molar-refractivity contribution >= 4 is 40.9 Å². The van der Waals surface area contributed by atoms with Crippen LogP contribution in [0.25, 0.3) is 17.3 Å². The van der Waals surface area contributed by atoms with Gasteiger partial charge in [0.15, 0.2) is 10.9 Å². The molecular formula is C18H18Cl2N4O2S. The largest absolute Gasteiger partial charge is 0.461 e. The lowest BCUT2D eigenvalue weighted by Crippen LogP contribution is -2.31. The first kappa shape index (κ1) is 19.8. The summed E-state index contributed by atoms with van der Waals surface area (Å²) in [5.41, 5.74) is 0.735. The van der Waals surface area contributed by atoms with Gasteiger partial charge in [0, 0.05) is 13.1 Å². The average molecular weight is 425 g/mol. The number of amides is 1. The second kappa shape index (κ2) is 8.82. The van der Waals surface area contributed by atoms with Crippen molar-refractivity contribution in [3.8, 4) is 17.3 Å². The van der Waals surface area contributed by atoms with E-state index in [0.29, 0.717) is 39.9 Å². The zero-order chi connectivity index (χ0) is 19.4. The van der Waals surface area contributed by atoms with Gasteiger partial charge in [0.2, 0.25) is 11.7 Å². The number of furan rings is 1. The third-order valence-corrected chi connectivity index (χ3v) is 5.63. The van der Waals surface area contributed by atoms with Crippen LogP contribution in [0, 0.1) is 0 Å². The van der Waals surface area contributed by atoms with Gasteiger partial charge in [0.25, 0.3) is 0 Å². The molecule has 0 unspecified atom stereocenters. The van der Waals surface area contributed by atoms with Crippen LogP contribution in [0.2, 0.25) is 10.0 Å². The summed E-state index contributed by atoms with van der Waals surface area (Å²) < 4.78 is 7.29. The van der Waals surface area contributed by atoms with Gasteiger partial charge in [0.1, 0.15) is 0 Å². The van der Waals surface area contributed by atoms with E-state index in [2.05, 4.69) is 10.2 Å². The molecule has 0 saturated heterocycles. The Morgan fingerprint density at radius 1 is 1.19 bits per heavy atom. The van der Waals surface area contributed by atoms with Crippen molar-refractivity contribution in [2.75, 3.05) is 18.8 Å². The Morgan fingerprint density at radius 2 is 1.96 bits per heavy atom. The summed E-state index contributed by atoms with van der Waals surface area (Å²) in [6, 6.07) is 8.84. The van der Waals surface area contributed by atoms with Crippen molar-refractivity contribution in [3.05, 3.63) is 46.6 Å². The maximum Gasteiger partial charge on any atom is 0.233 e. The molecule has 0 radical (unpaired) electrons. The minimum absolute atomic E-state index is 0.0493. The number of carbonyl (C=O) groups is 1. The molecule has 0 saturated carbocycles. The highest BCUT2D eigenvalue weighted by atomic mass is 35.5. The smallest absolute Gasteiger partial charge is 0.233 e. The van der Waals surface area contributed by atoms with Crippen molar-refractivity contribution in [2.45, 2.75) is 19.0 Å². The Labute approximate surface area is 171 Å². The van der Waals surface area contributed by atoms with Crippen LogP contribution in [0.5, 0.6) is 0 Å². The van der Waals surface area contributed by atoms with Crippen LogP contribution in [0.3, 0.4) is 0 Å². The van der Waals surface area contributed by atoms with Gasteiger partial charge in [-0.1, -0.05) is 35.0 Å². The Kier molecular flexibility index (Phi) is 6.46. The zero-order valence-corrected chi connectivity index (χ0v) is 17.2. The number of hydrogen-bond acceptors (Lipinski definition) is 5. The van der Waals surface area contributed by atoms with E-state index in [1.54, 1.807) is 40.0 Å². The molecule has 3 aromatic rings. The fourth-order valence-corrected chi connectivity index (χ4v) is 3.73. The van der Waals surface area contributed by atoms with Gasteiger partial charge in [-0.3, -0.25) is 9.36 Å². The fourth-order valence-electron chi connectivity index (χ4n) is 2.58. The SMILES string of the molecule is CCN(CC)C(=O)CSc1nnc(-c2ccco2)n1-c1ccc(Cl)c(Cl)c1. The Hall–Kier alpha value is -1.96. The number of rotatable bonds is 7. The highest BCUT2D eigenvalue weighted by Gasteiger charge is 2.20. The van der Waals surface area contributed by atoms with Crippen LogP contribution < -0.4 is 0 Å². The van der Waals surface area contributed by atoms with Crippen molar-refractivity contribution in [1.29, 1.82) is 0 Å². The standard InChI is InChI=1S/C18H18Cl2N4O2S/c1-3-23(4-2)16(25)11-27-18-22-21-17(15-6-5-9-26-15)24(18)12-7-8-13(19)14(20)10-12/h5-10H,3-4,11H2,1-2H3. The predicted octanol–water partition coefficient (Wildman–Crippen LogP) is 4.79. The lowest BCUT2D eigenvalue weighted by Gasteiger charge is -2.18. The van der Waals surface area contributed by atoms with Crippen LogP contribution in [0.4, 0.5) is 0 Å². The van der Waals surface area contributed by atoms with E-state index >= 15 is 0 Å². The summed E-state index contributed by atoms with van der Waals surface area (Å²) >= 11 is 13.6.